The highest BCUT2D eigenvalue weighted by atomic mass is 32.2. The smallest absolute Gasteiger partial charge is 0.278 e. The first kappa shape index (κ1) is 18.6. The van der Waals surface area contributed by atoms with Gasteiger partial charge in [-0.05, 0) is 36.6 Å². The number of carbonyl (C=O) groups is 1. The van der Waals surface area contributed by atoms with Gasteiger partial charge in [0.25, 0.3) is 5.91 Å². The summed E-state index contributed by atoms with van der Waals surface area (Å²) in [5.74, 6) is -0.931. The highest BCUT2D eigenvalue weighted by Crippen LogP contribution is 2.35. The number of nitrogens with one attached hydrogen (secondary N) is 1. The van der Waals surface area contributed by atoms with Gasteiger partial charge >= 0.3 is 0 Å². The number of thioether (sulfide) groups is 1. The van der Waals surface area contributed by atoms with E-state index in [-0.39, 0.29) is 23.0 Å². The Morgan fingerprint density at radius 3 is 2.81 bits per heavy atom. The van der Waals surface area contributed by atoms with Gasteiger partial charge in [0.1, 0.15) is 11.4 Å². The molecule has 0 unspecified atom stereocenters. The number of carbonyl (C=O) groups excluding carboxylic acids is 1. The molecule has 0 aliphatic carbocycles. The van der Waals surface area contributed by atoms with Gasteiger partial charge in [-0.2, -0.15) is 4.98 Å². The zero-order valence-corrected chi connectivity index (χ0v) is 15.4. The van der Waals surface area contributed by atoms with Crippen molar-refractivity contribution in [2.24, 2.45) is 10.7 Å². The molecule has 1 aliphatic rings. The molecular formula is C17H17FN6O2S. The van der Waals surface area contributed by atoms with Gasteiger partial charge in [0.2, 0.25) is 5.88 Å². The third-order valence-electron chi connectivity index (χ3n) is 3.89. The fraction of sp³-hybridized carbons (Fsp3) is 0.176. The van der Waals surface area contributed by atoms with Gasteiger partial charge < -0.3 is 21.5 Å². The molecule has 2 heterocycles. The van der Waals surface area contributed by atoms with Gasteiger partial charge in [-0.15, -0.1) is 0 Å². The first-order chi connectivity index (χ1) is 12.8. The lowest BCUT2D eigenvalue weighted by molar-refractivity contribution is 0.102. The summed E-state index contributed by atoms with van der Waals surface area (Å²) >= 11 is 1.25. The number of benzene rings is 1. The number of rotatable bonds is 4. The van der Waals surface area contributed by atoms with Gasteiger partial charge in [0, 0.05) is 11.3 Å². The van der Waals surface area contributed by atoms with Crippen molar-refractivity contribution in [1.82, 2.24) is 9.97 Å². The molecule has 140 valence electrons. The van der Waals surface area contributed by atoms with Crippen molar-refractivity contribution in [3.05, 3.63) is 53.0 Å². The summed E-state index contributed by atoms with van der Waals surface area (Å²) in [6.07, 6.45) is 3.02. The van der Waals surface area contributed by atoms with Gasteiger partial charge in [0.15, 0.2) is 16.7 Å². The first-order valence-electron chi connectivity index (χ1n) is 7.80. The lowest BCUT2D eigenvalue weighted by Gasteiger charge is -2.26. The van der Waals surface area contributed by atoms with E-state index < -0.39 is 17.3 Å². The molecule has 8 nitrogen and oxygen atoms in total. The predicted molar refractivity (Wildman–Crippen MR) is 103 cm³/mol. The summed E-state index contributed by atoms with van der Waals surface area (Å²) in [6, 6.07) is 4.18. The summed E-state index contributed by atoms with van der Waals surface area (Å²) in [5, 5.41) is 4.71. The second-order valence-electron chi connectivity index (χ2n) is 5.81. The Morgan fingerprint density at radius 1 is 1.37 bits per heavy atom. The molecule has 1 aliphatic heterocycles. The molecular weight excluding hydrogens is 371 g/mol. The molecule has 0 bridgehead atoms. The number of hydrogen-bond acceptors (Lipinski definition) is 8. The number of hydrogen-bond donors (Lipinski definition) is 3. The lowest BCUT2D eigenvalue weighted by atomic mass is 9.92. The van der Waals surface area contributed by atoms with Crippen LogP contribution < -0.4 is 21.5 Å². The van der Waals surface area contributed by atoms with Crippen molar-refractivity contribution < 1.29 is 13.9 Å². The van der Waals surface area contributed by atoms with E-state index >= 15 is 0 Å². The summed E-state index contributed by atoms with van der Waals surface area (Å²) in [5.41, 5.74) is 11.1. The predicted octanol–water partition coefficient (Wildman–Crippen LogP) is 2.25. The molecule has 27 heavy (non-hydrogen) atoms. The van der Waals surface area contributed by atoms with Crippen LogP contribution in [0.4, 0.5) is 15.9 Å². The Labute approximate surface area is 158 Å². The minimum absolute atomic E-state index is 0.0656. The van der Waals surface area contributed by atoms with Crippen molar-refractivity contribution >= 4 is 34.3 Å². The standard InChI is InChI=1S/C17H17FN6O2S/c1-17(5-6-27-16(20)24-17)10-7-9(3-4-11(10)18)22-15(25)13-14(19)23-12(26-2)8-21-13/h3-8H,1-2H3,(H2,19,23)(H2,20,24)(H,22,25)/t17-/m0/s1. The Hall–Kier alpha value is -3.14. The zero-order chi connectivity index (χ0) is 19.6. The summed E-state index contributed by atoms with van der Waals surface area (Å²) in [4.78, 5) is 24.6. The molecule has 1 amide bonds. The summed E-state index contributed by atoms with van der Waals surface area (Å²) < 4.78 is 19.3. The number of methoxy groups -OCH3 is 1. The molecule has 1 aromatic carbocycles. The third-order valence-corrected chi connectivity index (χ3v) is 4.50. The maximum Gasteiger partial charge on any atom is 0.278 e. The van der Waals surface area contributed by atoms with Crippen LogP contribution in [0.1, 0.15) is 23.0 Å². The number of aromatic nitrogens is 2. The largest absolute Gasteiger partial charge is 0.480 e. The van der Waals surface area contributed by atoms with E-state index in [1.54, 1.807) is 18.4 Å². The second kappa shape index (κ2) is 7.23. The minimum Gasteiger partial charge on any atom is -0.480 e. The molecule has 2 aromatic rings. The lowest BCUT2D eigenvalue weighted by Crippen LogP contribution is -2.25. The van der Waals surface area contributed by atoms with E-state index in [9.17, 15) is 9.18 Å². The number of aliphatic imine (C=N–C) groups is 1. The molecule has 0 radical (unpaired) electrons. The van der Waals surface area contributed by atoms with E-state index in [1.807, 2.05) is 0 Å². The number of ether oxygens (including phenoxy) is 1. The number of nitrogens with zero attached hydrogens (tertiary/aromatic N) is 3. The van der Waals surface area contributed by atoms with Gasteiger partial charge in [-0.3, -0.25) is 4.79 Å². The molecule has 1 atom stereocenters. The Bertz CT molecular complexity index is 964. The highest BCUT2D eigenvalue weighted by molar-refractivity contribution is 8.16. The van der Waals surface area contributed by atoms with Crippen LogP contribution >= 0.6 is 11.8 Å². The van der Waals surface area contributed by atoms with Crippen LogP contribution in [0.5, 0.6) is 5.88 Å². The number of amidine groups is 1. The minimum atomic E-state index is -0.973. The van der Waals surface area contributed by atoms with E-state index in [4.69, 9.17) is 16.2 Å². The van der Waals surface area contributed by atoms with Crippen LogP contribution in [0.2, 0.25) is 0 Å². The van der Waals surface area contributed by atoms with Crippen molar-refractivity contribution in [2.45, 2.75) is 12.5 Å². The van der Waals surface area contributed by atoms with E-state index in [0.717, 1.165) is 0 Å². The van der Waals surface area contributed by atoms with E-state index in [2.05, 4.69) is 20.3 Å². The third kappa shape index (κ3) is 3.85. The molecule has 0 saturated heterocycles. The van der Waals surface area contributed by atoms with Gasteiger partial charge in [-0.25, -0.2) is 14.4 Å². The number of anilines is 2. The molecule has 5 N–H and O–H groups in total. The monoisotopic (exact) mass is 388 g/mol. The normalized spacial score (nSPS) is 18.7. The van der Waals surface area contributed by atoms with Gasteiger partial charge in [0.05, 0.1) is 13.3 Å². The Balaban J connectivity index is 1.90. The van der Waals surface area contributed by atoms with Crippen molar-refractivity contribution in [1.29, 1.82) is 0 Å². The van der Waals surface area contributed by atoms with Crippen LogP contribution in [0.3, 0.4) is 0 Å². The average molecular weight is 388 g/mol. The number of nitrogens with two attached hydrogens (primary N) is 2. The van der Waals surface area contributed by atoms with Crippen LogP contribution in [0.25, 0.3) is 0 Å². The van der Waals surface area contributed by atoms with Crippen LogP contribution in [0, 0.1) is 5.82 Å². The molecule has 1 aromatic heterocycles. The molecule has 0 saturated carbocycles. The van der Waals surface area contributed by atoms with Crippen molar-refractivity contribution in [3.8, 4) is 5.88 Å². The fourth-order valence-corrected chi connectivity index (χ4v) is 3.23. The van der Waals surface area contributed by atoms with E-state index in [1.165, 1.54) is 43.3 Å². The summed E-state index contributed by atoms with van der Waals surface area (Å²) in [7, 11) is 1.41. The maximum atomic E-state index is 14.4. The Morgan fingerprint density at radius 2 is 2.15 bits per heavy atom. The zero-order valence-electron chi connectivity index (χ0n) is 14.6. The van der Waals surface area contributed by atoms with Crippen molar-refractivity contribution in [2.75, 3.05) is 18.2 Å². The molecule has 0 fully saturated rings. The van der Waals surface area contributed by atoms with Gasteiger partial charge in [-0.1, -0.05) is 11.8 Å². The average Bonchev–Trinajstić information content (AvgIpc) is 2.62. The number of nitrogen functional groups attached to an aromatic ring is 1. The van der Waals surface area contributed by atoms with Crippen molar-refractivity contribution in [3.63, 3.8) is 0 Å². The van der Waals surface area contributed by atoms with Crippen LogP contribution in [-0.2, 0) is 5.54 Å². The molecule has 10 heteroatoms. The summed E-state index contributed by atoms with van der Waals surface area (Å²) in [6.45, 7) is 1.73. The number of halogens is 1. The topological polar surface area (TPSA) is 129 Å². The van der Waals surface area contributed by atoms with Crippen LogP contribution in [0.15, 0.2) is 40.9 Å². The van der Waals surface area contributed by atoms with Crippen LogP contribution in [-0.4, -0.2) is 28.2 Å². The molecule has 3 rings (SSSR count). The fourth-order valence-electron chi connectivity index (χ4n) is 2.52. The SMILES string of the molecule is COc1cnc(C(=O)Nc2ccc(F)c([C@]3(C)C=CSC(N)=N3)c2)c(N)n1. The number of amides is 1. The second-order valence-corrected chi connectivity index (χ2v) is 6.74. The highest BCUT2D eigenvalue weighted by Gasteiger charge is 2.29. The molecule has 0 spiro atoms. The van der Waals surface area contributed by atoms with E-state index in [0.29, 0.717) is 10.9 Å². The Kier molecular flexibility index (Phi) is 5.00. The quantitative estimate of drug-likeness (QED) is 0.732. The maximum absolute atomic E-state index is 14.4. The first-order valence-corrected chi connectivity index (χ1v) is 8.68.